The third kappa shape index (κ3) is 4.21. The Hall–Kier alpha value is -2.64. The van der Waals surface area contributed by atoms with Crippen molar-refractivity contribution >= 4 is 50.2 Å². The third-order valence-corrected chi connectivity index (χ3v) is 6.09. The van der Waals surface area contributed by atoms with Gasteiger partial charge in [-0.1, -0.05) is 41.1 Å². The van der Waals surface area contributed by atoms with Crippen LogP contribution in [0.3, 0.4) is 0 Å². The molecule has 1 aromatic heterocycles. The number of carbonyl (C=O) groups excluding carboxylic acids is 2. The summed E-state index contributed by atoms with van der Waals surface area (Å²) in [6, 6.07) is 12.8. The Labute approximate surface area is 177 Å². The Balaban J connectivity index is 1.44. The zero-order chi connectivity index (χ0) is 20.4. The summed E-state index contributed by atoms with van der Waals surface area (Å²) >= 11 is 7.50. The number of hydrogen-bond acceptors (Lipinski definition) is 6. The normalized spacial score (nSPS) is 16.4. The number of carbonyl (C=O) groups is 2. The Bertz CT molecular complexity index is 1070. The van der Waals surface area contributed by atoms with Gasteiger partial charge in [-0.25, -0.2) is 4.98 Å². The maximum absolute atomic E-state index is 12.5. The van der Waals surface area contributed by atoms with Crippen molar-refractivity contribution in [3.8, 4) is 5.75 Å². The number of anilines is 1. The number of fused-ring (bicyclic) bond motifs is 1. The Kier molecular flexibility index (Phi) is 5.69. The summed E-state index contributed by atoms with van der Waals surface area (Å²) in [5.74, 6) is -0.283. The molecule has 1 amide bonds. The fraction of sp³-hybridized carbons (Fsp3) is 0.286. The van der Waals surface area contributed by atoms with Gasteiger partial charge in [-0.05, 0) is 31.2 Å². The number of nitrogens with zero attached hydrogens (tertiary/aromatic N) is 2. The number of thiazole rings is 1. The maximum Gasteiger partial charge on any atom is 0.311 e. The molecule has 150 valence electrons. The van der Waals surface area contributed by atoms with Crippen LogP contribution < -0.4 is 9.64 Å². The predicted octanol–water partition coefficient (Wildman–Crippen LogP) is 4.44. The molecule has 0 spiro atoms. The van der Waals surface area contributed by atoms with Crippen LogP contribution in [0, 0.1) is 5.92 Å². The highest BCUT2D eigenvalue weighted by atomic mass is 35.5. The first kappa shape index (κ1) is 19.7. The van der Waals surface area contributed by atoms with Crippen molar-refractivity contribution in [3.05, 3.63) is 53.1 Å². The molecule has 2 aromatic carbocycles. The third-order valence-electron chi connectivity index (χ3n) is 4.68. The quantitative estimate of drug-likeness (QED) is 0.540. The van der Waals surface area contributed by atoms with Gasteiger partial charge in [0.2, 0.25) is 5.91 Å². The lowest BCUT2D eigenvalue weighted by Gasteiger charge is -2.13. The lowest BCUT2D eigenvalue weighted by molar-refractivity contribution is -0.149. The topological polar surface area (TPSA) is 68.7 Å². The second-order valence-electron chi connectivity index (χ2n) is 6.66. The zero-order valence-corrected chi connectivity index (χ0v) is 17.3. The standard InChI is InChI=1S/C21H19ClN2O4S/c1-2-27-15-7-8-17-18(10-15)29-21(23-17)24-11-14(9-19(24)25)20(26)28-12-13-5-3-4-6-16(13)22/h3-8,10,14H,2,9,11-12H2,1H3/t14-/m0/s1. The predicted molar refractivity (Wildman–Crippen MR) is 112 cm³/mol. The number of benzene rings is 2. The minimum atomic E-state index is -0.518. The minimum absolute atomic E-state index is 0.0878. The highest BCUT2D eigenvalue weighted by Gasteiger charge is 2.37. The van der Waals surface area contributed by atoms with Gasteiger partial charge in [-0.3, -0.25) is 14.5 Å². The number of halogens is 1. The Morgan fingerprint density at radius 1 is 1.31 bits per heavy atom. The SMILES string of the molecule is CCOc1ccc2nc(N3C[C@@H](C(=O)OCc4ccccc4Cl)CC3=O)sc2c1. The molecule has 0 radical (unpaired) electrons. The van der Waals surface area contributed by atoms with Crippen LogP contribution in [0.25, 0.3) is 10.2 Å². The van der Waals surface area contributed by atoms with E-state index in [9.17, 15) is 9.59 Å². The number of aromatic nitrogens is 1. The fourth-order valence-electron chi connectivity index (χ4n) is 3.20. The number of ether oxygens (including phenoxy) is 2. The molecule has 1 fully saturated rings. The molecule has 1 aliphatic heterocycles. The highest BCUT2D eigenvalue weighted by molar-refractivity contribution is 7.22. The number of esters is 1. The van der Waals surface area contributed by atoms with Crippen LogP contribution in [0.15, 0.2) is 42.5 Å². The second kappa shape index (κ2) is 8.39. The molecule has 0 N–H and O–H groups in total. The van der Waals surface area contributed by atoms with Crippen molar-refractivity contribution in [2.24, 2.45) is 5.92 Å². The summed E-state index contributed by atoms with van der Waals surface area (Å²) in [6.45, 7) is 2.86. The molecule has 0 bridgehead atoms. The lowest BCUT2D eigenvalue weighted by atomic mass is 10.1. The van der Waals surface area contributed by atoms with Crippen molar-refractivity contribution in [2.75, 3.05) is 18.1 Å². The van der Waals surface area contributed by atoms with Gasteiger partial charge in [-0.15, -0.1) is 0 Å². The maximum atomic E-state index is 12.5. The molecule has 0 saturated carbocycles. The molecule has 1 aliphatic rings. The van der Waals surface area contributed by atoms with Crippen molar-refractivity contribution in [1.29, 1.82) is 0 Å². The van der Waals surface area contributed by atoms with E-state index in [0.717, 1.165) is 21.5 Å². The molecular weight excluding hydrogens is 412 g/mol. The van der Waals surface area contributed by atoms with Gasteiger partial charge in [0.05, 0.1) is 22.7 Å². The molecule has 4 rings (SSSR count). The molecule has 0 aliphatic carbocycles. The monoisotopic (exact) mass is 430 g/mol. The first-order valence-corrected chi connectivity index (χ1v) is 10.5. The molecule has 1 saturated heterocycles. The number of hydrogen-bond donors (Lipinski definition) is 0. The highest BCUT2D eigenvalue weighted by Crippen LogP contribution is 2.34. The van der Waals surface area contributed by atoms with Gasteiger partial charge >= 0.3 is 5.97 Å². The smallest absolute Gasteiger partial charge is 0.311 e. The van der Waals surface area contributed by atoms with Crippen molar-refractivity contribution < 1.29 is 19.1 Å². The first-order valence-electron chi connectivity index (χ1n) is 9.29. The first-order chi connectivity index (χ1) is 14.0. The van der Waals surface area contributed by atoms with Crippen LogP contribution >= 0.6 is 22.9 Å². The second-order valence-corrected chi connectivity index (χ2v) is 8.08. The number of rotatable bonds is 6. The van der Waals surface area contributed by atoms with E-state index in [4.69, 9.17) is 21.1 Å². The van der Waals surface area contributed by atoms with E-state index in [1.807, 2.05) is 37.3 Å². The van der Waals surface area contributed by atoms with Gasteiger partial charge in [0.25, 0.3) is 0 Å². The minimum Gasteiger partial charge on any atom is -0.494 e. The van der Waals surface area contributed by atoms with Crippen LogP contribution in [-0.2, 0) is 20.9 Å². The van der Waals surface area contributed by atoms with Crippen molar-refractivity contribution in [3.63, 3.8) is 0 Å². The largest absolute Gasteiger partial charge is 0.494 e. The van der Waals surface area contributed by atoms with Crippen LogP contribution in [0.5, 0.6) is 5.75 Å². The van der Waals surface area contributed by atoms with E-state index in [1.165, 1.54) is 11.3 Å². The molecule has 29 heavy (non-hydrogen) atoms. The summed E-state index contributed by atoms with van der Waals surface area (Å²) in [6.07, 6.45) is 0.113. The van der Waals surface area contributed by atoms with Gasteiger partial charge < -0.3 is 9.47 Å². The fourth-order valence-corrected chi connectivity index (χ4v) is 4.41. The van der Waals surface area contributed by atoms with Crippen LogP contribution in [-0.4, -0.2) is 30.0 Å². The lowest BCUT2D eigenvalue weighted by Crippen LogP contribution is -2.26. The summed E-state index contributed by atoms with van der Waals surface area (Å²) < 4.78 is 11.8. The van der Waals surface area contributed by atoms with Gasteiger partial charge in [-0.2, -0.15) is 0 Å². The summed E-state index contributed by atoms with van der Waals surface area (Å²) in [5, 5.41) is 1.13. The van der Waals surface area contributed by atoms with E-state index >= 15 is 0 Å². The van der Waals surface area contributed by atoms with E-state index in [0.29, 0.717) is 16.8 Å². The summed E-state index contributed by atoms with van der Waals surface area (Å²) in [7, 11) is 0. The van der Waals surface area contributed by atoms with Crippen LogP contribution in [0.2, 0.25) is 5.02 Å². The average molecular weight is 431 g/mol. The van der Waals surface area contributed by atoms with Gasteiger partial charge in [0, 0.05) is 23.6 Å². The van der Waals surface area contributed by atoms with Crippen LogP contribution in [0.4, 0.5) is 5.13 Å². The average Bonchev–Trinajstić information content (AvgIpc) is 3.30. The summed E-state index contributed by atoms with van der Waals surface area (Å²) in [5.41, 5.74) is 1.53. The van der Waals surface area contributed by atoms with E-state index in [2.05, 4.69) is 4.98 Å². The molecular formula is C21H19ClN2O4S. The van der Waals surface area contributed by atoms with Gasteiger partial charge in [0.15, 0.2) is 5.13 Å². The Morgan fingerprint density at radius 3 is 2.93 bits per heavy atom. The Morgan fingerprint density at radius 2 is 2.14 bits per heavy atom. The van der Waals surface area contributed by atoms with E-state index in [-0.39, 0.29) is 25.5 Å². The molecule has 8 heteroatoms. The van der Waals surface area contributed by atoms with E-state index < -0.39 is 11.9 Å². The van der Waals surface area contributed by atoms with Crippen molar-refractivity contribution in [1.82, 2.24) is 4.98 Å². The zero-order valence-electron chi connectivity index (χ0n) is 15.8. The van der Waals surface area contributed by atoms with Crippen molar-refractivity contribution in [2.45, 2.75) is 20.0 Å². The van der Waals surface area contributed by atoms with Crippen LogP contribution in [0.1, 0.15) is 18.9 Å². The molecule has 2 heterocycles. The molecule has 6 nitrogen and oxygen atoms in total. The van der Waals surface area contributed by atoms with Gasteiger partial charge in [0.1, 0.15) is 12.4 Å². The molecule has 1 atom stereocenters. The number of amides is 1. The molecule has 3 aromatic rings. The summed E-state index contributed by atoms with van der Waals surface area (Å²) in [4.78, 5) is 31.1. The molecule has 0 unspecified atom stereocenters. The van der Waals surface area contributed by atoms with E-state index in [1.54, 1.807) is 17.0 Å².